The van der Waals surface area contributed by atoms with Gasteiger partial charge in [0.1, 0.15) is 6.26 Å². The predicted molar refractivity (Wildman–Crippen MR) is 65.1 cm³/mol. The fourth-order valence-corrected chi connectivity index (χ4v) is 1.77. The molecule has 1 heterocycles. The maximum atomic E-state index is 9.76. The average Bonchev–Trinajstić information content (AvgIpc) is 2.60. The number of hydrogen-bond acceptors (Lipinski definition) is 3. The van der Waals surface area contributed by atoms with Crippen LogP contribution >= 0.6 is 11.6 Å². The molecule has 0 saturated carbocycles. The molecule has 2 rings (SSSR count). The van der Waals surface area contributed by atoms with Gasteiger partial charge >= 0.3 is 0 Å². The molecule has 1 aromatic heterocycles. The van der Waals surface area contributed by atoms with Crippen LogP contribution in [-0.4, -0.2) is 19.2 Å². The van der Waals surface area contributed by atoms with Gasteiger partial charge in [-0.15, -0.1) is 0 Å². The molecule has 4 heteroatoms. The molecule has 0 unspecified atom stereocenters. The Balaban J connectivity index is 2.59. The first kappa shape index (κ1) is 10.9. The molecule has 0 spiro atoms. The molecule has 84 valence electrons. The van der Waals surface area contributed by atoms with Crippen LogP contribution in [0.15, 0.2) is 34.9 Å². The van der Waals surface area contributed by atoms with Crippen molar-refractivity contribution in [3.05, 3.63) is 35.6 Å². The highest BCUT2D eigenvalue weighted by molar-refractivity contribution is 6.30. The maximum absolute atomic E-state index is 9.76. The van der Waals surface area contributed by atoms with E-state index >= 15 is 0 Å². The highest BCUT2D eigenvalue weighted by Crippen LogP contribution is 2.39. The van der Waals surface area contributed by atoms with Crippen molar-refractivity contribution < 1.29 is 9.52 Å². The minimum absolute atomic E-state index is 0.117. The largest absolute Gasteiger partial charge is 0.504 e. The molecule has 0 amide bonds. The molecule has 16 heavy (non-hydrogen) atoms. The summed E-state index contributed by atoms with van der Waals surface area (Å²) in [7, 11) is 3.71. The highest BCUT2D eigenvalue weighted by atomic mass is 35.5. The summed E-state index contributed by atoms with van der Waals surface area (Å²) >= 11 is 5.92. The second-order valence-corrected chi connectivity index (χ2v) is 4.14. The third-order valence-electron chi connectivity index (χ3n) is 2.27. The number of hydrogen-bond donors (Lipinski definition) is 1. The number of nitrogens with zero attached hydrogens (tertiary/aromatic N) is 1. The normalized spacial score (nSPS) is 10.4. The van der Waals surface area contributed by atoms with E-state index < -0.39 is 0 Å². The minimum atomic E-state index is 0.117. The molecule has 0 radical (unpaired) electrons. The average molecular weight is 238 g/mol. The van der Waals surface area contributed by atoms with E-state index in [2.05, 4.69) is 0 Å². The van der Waals surface area contributed by atoms with Gasteiger partial charge in [-0.3, -0.25) is 0 Å². The maximum Gasteiger partial charge on any atom is 0.206 e. The Kier molecular flexibility index (Phi) is 2.79. The van der Waals surface area contributed by atoms with Gasteiger partial charge in [-0.2, -0.15) is 0 Å². The Labute approximate surface area is 98.9 Å². The van der Waals surface area contributed by atoms with Crippen LogP contribution in [0.5, 0.6) is 5.75 Å². The zero-order valence-electron chi connectivity index (χ0n) is 9.07. The Morgan fingerprint density at radius 2 is 2.06 bits per heavy atom. The minimum Gasteiger partial charge on any atom is -0.504 e. The van der Waals surface area contributed by atoms with Crippen LogP contribution in [0.3, 0.4) is 0 Å². The van der Waals surface area contributed by atoms with E-state index in [1.807, 2.05) is 26.2 Å². The summed E-state index contributed by atoms with van der Waals surface area (Å²) in [5, 5.41) is 10.4. The van der Waals surface area contributed by atoms with Gasteiger partial charge in [0.25, 0.3) is 0 Å². The smallest absolute Gasteiger partial charge is 0.206 e. The number of halogens is 1. The molecule has 0 aliphatic heterocycles. The lowest BCUT2D eigenvalue weighted by molar-refractivity contribution is 0.459. The van der Waals surface area contributed by atoms with Gasteiger partial charge < -0.3 is 14.4 Å². The van der Waals surface area contributed by atoms with E-state index in [-0.39, 0.29) is 5.75 Å². The molecule has 1 aromatic carbocycles. The number of aromatic hydroxyl groups is 1. The van der Waals surface area contributed by atoms with Crippen LogP contribution in [0.2, 0.25) is 5.02 Å². The SMILES string of the molecule is CN(C)c1occ(O)c1-c1cccc(Cl)c1. The summed E-state index contributed by atoms with van der Waals surface area (Å²) in [5.74, 6) is 0.728. The van der Waals surface area contributed by atoms with Crippen LogP contribution in [0, 0.1) is 0 Å². The van der Waals surface area contributed by atoms with Crippen LogP contribution in [0.4, 0.5) is 5.88 Å². The molecule has 0 saturated heterocycles. The van der Waals surface area contributed by atoms with E-state index in [1.165, 1.54) is 6.26 Å². The first-order valence-corrected chi connectivity index (χ1v) is 5.21. The third kappa shape index (κ3) is 1.86. The summed E-state index contributed by atoms with van der Waals surface area (Å²) in [4.78, 5) is 1.80. The molecule has 3 nitrogen and oxygen atoms in total. The lowest BCUT2D eigenvalue weighted by Crippen LogP contribution is -2.08. The lowest BCUT2D eigenvalue weighted by atomic mass is 10.1. The van der Waals surface area contributed by atoms with Gasteiger partial charge in [0.2, 0.25) is 5.88 Å². The molecule has 0 aliphatic rings. The molecule has 0 atom stereocenters. The fraction of sp³-hybridized carbons (Fsp3) is 0.167. The predicted octanol–water partition coefficient (Wildman–Crippen LogP) is 3.37. The molecule has 1 N–H and O–H groups in total. The van der Waals surface area contributed by atoms with Gasteiger partial charge in [0, 0.05) is 19.1 Å². The van der Waals surface area contributed by atoms with Crippen molar-refractivity contribution in [2.75, 3.05) is 19.0 Å². The van der Waals surface area contributed by atoms with Gasteiger partial charge in [-0.1, -0.05) is 23.7 Å². The summed E-state index contributed by atoms with van der Waals surface area (Å²) in [6, 6.07) is 7.30. The van der Waals surface area contributed by atoms with Crippen molar-refractivity contribution in [2.24, 2.45) is 0 Å². The van der Waals surface area contributed by atoms with Gasteiger partial charge in [0.15, 0.2) is 5.75 Å². The lowest BCUT2D eigenvalue weighted by Gasteiger charge is -2.11. The second kappa shape index (κ2) is 4.10. The van der Waals surface area contributed by atoms with Crippen LogP contribution in [0.25, 0.3) is 11.1 Å². The van der Waals surface area contributed by atoms with E-state index in [0.717, 1.165) is 5.56 Å². The van der Waals surface area contributed by atoms with Gasteiger partial charge in [0.05, 0.1) is 5.56 Å². The molecule has 0 fully saturated rings. The van der Waals surface area contributed by atoms with Gasteiger partial charge in [-0.25, -0.2) is 0 Å². The second-order valence-electron chi connectivity index (χ2n) is 3.71. The Morgan fingerprint density at radius 3 is 2.69 bits per heavy atom. The zero-order valence-corrected chi connectivity index (χ0v) is 9.82. The van der Waals surface area contributed by atoms with E-state index in [4.69, 9.17) is 16.0 Å². The third-order valence-corrected chi connectivity index (χ3v) is 2.51. The first-order chi connectivity index (χ1) is 7.59. The van der Waals surface area contributed by atoms with Crippen LogP contribution in [0.1, 0.15) is 0 Å². The van der Waals surface area contributed by atoms with E-state index in [1.54, 1.807) is 17.0 Å². The Hall–Kier alpha value is -1.61. The van der Waals surface area contributed by atoms with E-state index in [9.17, 15) is 5.11 Å². The van der Waals surface area contributed by atoms with Crippen LogP contribution < -0.4 is 4.90 Å². The summed E-state index contributed by atoms with van der Waals surface area (Å²) < 4.78 is 5.28. The Morgan fingerprint density at radius 1 is 1.31 bits per heavy atom. The molecule has 2 aromatic rings. The number of furan rings is 1. The number of benzene rings is 1. The van der Waals surface area contributed by atoms with Crippen molar-refractivity contribution in [1.82, 2.24) is 0 Å². The Bertz CT molecular complexity index is 505. The number of anilines is 1. The van der Waals surface area contributed by atoms with Crippen molar-refractivity contribution in [2.45, 2.75) is 0 Å². The summed E-state index contributed by atoms with van der Waals surface area (Å²) in [5.41, 5.74) is 1.50. The summed E-state index contributed by atoms with van der Waals surface area (Å²) in [6.07, 6.45) is 1.32. The molecule has 0 bridgehead atoms. The van der Waals surface area contributed by atoms with Crippen molar-refractivity contribution in [1.29, 1.82) is 0 Å². The quantitative estimate of drug-likeness (QED) is 0.870. The van der Waals surface area contributed by atoms with Gasteiger partial charge in [-0.05, 0) is 17.7 Å². The topological polar surface area (TPSA) is 36.6 Å². The van der Waals surface area contributed by atoms with Crippen molar-refractivity contribution in [3.63, 3.8) is 0 Å². The highest BCUT2D eigenvalue weighted by Gasteiger charge is 2.16. The standard InChI is InChI=1S/C12H12ClNO2/c1-14(2)12-11(10(15)7-16-12)8-4-3-5-9(13)6-8/h3-7,15H,1-2H3. The first-order valence-electron chi connectivity index (χ1n) is 4.83. The summed E-state index contributed by atoms with van der Waals surface area (Å²) in [6.45, 7) is 0. The van der Waals surface area contributed by atoms with Crippen molar-refractivity contribution in [3.8, 4) is 16.9 Å². The molecular weight excluding hydrogens is 226 g/mol. The number of rotatable bonds is 2. The van der Waals surface area contributed by atoms with E-state index in [0.29, 0.717) is 16.5 Å². The van der Waals surface area contributed by atoms with Crippen molar-refractivity contribution >= 4 is 17.5 Å². The monoisotopic (exact) mass is 237 g/mol. The fourth-order valence-electron chi connectivity index (χ4n) is 1.58. The zero-order chi connectivity index (χ0) is 11.7. The van der Waals surface area contributed by atoms with Crippen LogP contribution in [-0.2, 0) is 0 Å². The molecule has 0 aliphatic carbocycles. The molecular formula is C12H12ClNO2.